The van der Waals surface area contributed by atoms with Gasteiger partial charge in [0.1, 0.15) is 18.2 Å². The summed E-state index contributed by atoms with van der Waals surface area (Å²) < 4.78 is 12.9. The number of carbonyl (C=O) groups excluding carboxylic acids is 1. The smallest absolute Gasteiger partial charge is 0.231 e. The number of aromatic nitrogens is 1. The molecule has 0 radical (unpaired) electrons. The Bertz CT molecular complexity index is 1130. The lowest BCUT2D eigenvalue weighted by atomic mass is 10.0. The SMILES string of the molecule is O=C1C(=Cc2ccccc2Br)Oc2c1ccc1c2CN(Cc2cccnc2)CO1. The van der Waals surface area contributed by atoms with Crippen molar-refractivity contribution in [2.24, 2.45) is 0 Å². The number of nitrogens with zero attached hydrogens (tertiary/aromatic N) is 2. The zero-order valence-corrected chi connectivity index (χ0v) is 17.1. The largest absolute Gasteiger partial charge is 0.478 e. The van der Waals surface area contributed by atoms with E-state index in [0.29, 0.717) is 36.9 Å². The number of benzene rings is 2. The molecule has 2 aliphatic rings. The van der Waals surface area contributed by atoms with E-state index in [1.165, 1.54) is 0 Å². The number of ketones is 1. The third kappa shape index (κ3) is 3.45. The molecule has 0 spiro atoms. The van der Waals surface area contributed by atoms with Gasteiger partial charge in [-0.25, -0.2) is 0 Å². The number of halogens is 1. The molecule has 29 heavy (non-hydrogen) atoms. The highest BCUT2D eigenvalue weighted by molar-refractivity contribution is 9.10. The van der Waals surface area contributed by atoms with Crippen molar-refractivity contribution in [3.8, 4) is 11.5 Å². The molecule has 2 aliphatic heterocycles. The van der Waals surface area contributed by atoms with Gasteiger partial charge in [-0.15, -0.1) is 0 Å². The number of pyridine rings is 1. The van der Waals surface area contributed by atoms with E-state index in [0.717, 1.165) is 26.9 Å². The molecule has 0 bridgehead atoms. The van der Waals surface area contributed by atoms with E-state index in [2.05, 4.69) is 25.8 Å². The van der Waals surface area contributed by atoms with E-state index in [1.807, 2.05) is 48.7 Å². The van der Waals surface area contributed by atoms with Crippen LogP contribution in [0.2, 0.25) is 0 Å². The van der Waals surface area contributed by atoms with Gasteiger partial charge < -0.3 is 9.47 Å². The summed E-state index contributed by atoms with van der Waals surface area (Å²) >= 11 is 3.51. The first-order chi connectivity index (χ1) is 14.2. The highest BCUT2D eigenvalue weighted by Crippen LogP contribution is 2.42. The molecule has 3 aromatic rings. The molecule has 0 aliphatic carbocycles. The third-order valence-electron chi connectivity index (χ3n) is 5.00. The van der Waals surface area contributed by atoms with Gasteiger partial charge in [-0.3, -0.25) is 14.7 Å². The van der Waals surface area contributed by atoms with Crippen LogP contribution in [0.25, 0.3) is 6.08 Å². The highest BCUT2D eigenvalue weighted by atomic mass is 79.9. The van der Waals surface area contributed by atoms with Crippen molar-refractivity contribution in [2.75, 3.05) is 6.73 Å². The lowest BCUT2D eigenvalue weighted by Crippen LogP contribution is -2.31. The number of fused-ring (bicyclic) bond motifs is 3. The second-order valence-corrected chi connectivity index (χ2v) is 7.86. The molecule has 0 atom stereocenters. The monoisotopic (exact) mass is 448 g/mol. The summed E-state index contributed by atoms with van der Waals surface area (Å²) in [5, 5.41) is 0. The third-order valence-corrected chi connectivity index (χ3v) is 5.73. The normalized spacial score (nSPS) is 16.9. The molecule has 2 aromatic carbocycles. The minimum Gasteiger partial charge on any atom is -0.478 e. The van der Waals surface area contributed by atoms with Crippen molar-refractivity contribution in [1.82, 2.24) is 9.88 Å². The Morgan fingerprint density at radius 3 is 2.86 bits per heavy atom. The van der Waals surface area contributed by atoms with Crippen molar-refractivity contribution in [2.45, 2.75) is 13.1 Å². The van der Waals surface area contributed by atoms with Crippen LogP contribution in [-0.2, 0) is 13.1 Å². The van der Waals surface area contributed by atoms with Crippen LogP contribution in [0, 0.1) is 0 Å². The molecule has 5 nitrogen and oxygen atoms in total. The van der Waals surface area contributed by atoms with Gasteiger partial charge in [-0.1, -0.05) is 40.2 Å². The second kappa shape index (κ2) is 7.46. The molecule has 1 aromatic heterocycles. The van der Waals surface area contributed by atoms with Crippen LogP contribution < -0.4 is 9.47 Å². The molecule has 5 rings (SSSR count). The van der Waals surface area contributed by atoms with Crippen LogP contribution in [0.15, 0.2) is 71.2 Å². The van der Waals surface area contributed by atoms with Crippen LogP contribution >= 0.6 is 15.9 Å². The number of Topliss-reactive ketones (excluding diaryl/α,β-unsaturated/α-hetero) is 1. The lowest BCUT2D eigenvalue weighted by Gasteiger charge is -2.29. The number of hydrogen-bond acceptors (Lipinski definition) is 5. The number of rotatable bonds is 3. The molecule has 0 N–H and O–H groups in total. The summed E-state index contributed by atoms with van der Waals surface area (Å²) in [4.78, 5) is 19.2. The minimum absolute atomic E-state index is 0.108. The topological polar surface area (TPSA) is 51.7 Å². The highest BCUT2D eigenvalue weighted by Gasteiger charge is 2.33. The Hall–Kier alpha value is -2.96. The summed E-state index contributed by atoms with van der Waals surface area (Å²) in [6.07, 6.45) is 5.39. The molecule has 0 amide bonds. The maximum atomic E-state index is 12.9. The van der Waals surface area contributed by atoms with E-state index >= 15 is 0 Å². The summed E-state index contributed by atoms with van der Waals surface area (Å²) in [5.74, 6) is 1.58. The molecular weight excluding hydrogens is 432 g/mol. The Morgan fingerprint density at radius 1 is 1.14 bits per heavy atom. The van der Waals surface area contributed by atoms with Crippen LogP contribution in [0.4, 0.5) is 0 Å². The first kappa shape index (κ1) is 18.1. The quantitative estimate of drug-likeness (QED) is 0.538. The van der Waals surface area contributed by atoms with Crippen LogP contribution in [0.3, 0.4) is 0 Å². The van der Waals surface area contributed by atoms with E-state index in [1.54, 1.807) is 18.3 Å². The second-order valence-electron chi connectivity index (χ2n) is 7.00. The average molecular weight is 449 g/mol. The number of ether oxygens (including phenoxy) is 2. The molecule has 0 fully saturated rings. The zero-order valence-electron chi connectivity index (χ0n) is 15.5. The Balaban J connectivity index is 1.45. The summed E-state index contributed by atoms with van der Waals surface area (Å²) in [7, 11) is 0. The van der Waals surface area contributed by atoms with Gasteiger partial charge >= 0.3 is 0 Å². The fourth-order valence-corrected chi connectivity index (χ4v) is 3.99. The standard InChI is InChI=1S/C23H17BrN2O3/c24-19-6-2-1-5-16(19)10-21-22(27)17-7-8-20-18(23(17)29-21)13-26(14-28-20)12-15-4-3-9-25-11-15/h1-11H,12-14H2. The Morgan fingerprint density at radius 2 is 2.03 bits per heavy atom. The van der Waals surface area contributed by atoms with E-state index in [-0.39, 0.29) is 5.78 Å². The van der Waals surface area contributed by atoms with E-state index < -0.39 is 0 Å². The fourth-order valence-electron chi connectivity index (χ4n) is 3.59. The zero-order chi connectivity index (χ0) is 19.8. The van der Waals surface area contributed by atoms with Crippen LogP contribution in [0.1, 0.15) is 27.0 Å². The van der Waals surface area contributed by atoms with Gasteiger partial charge in [-0.05, 0) is 41.5 Å². The number of carbonyl (C=O) groups is 1. The van der Waals surface area contributed by atoms with Crippen molar-refractivity contribution in [3.05, 3.63) is 93.4 Å². The van der Waals surface area contributed by atoms with Crippen molar-refractivity contribution >= 4 is 27.8 Å². The first-order valence-corrected chi connectivity index (χ1v) is 10.1. The summed E-state index contributed by atoms with van der Waals surface area (Å²) in [6.45, 7) is 1.84. The number of allylic oxidation sites excluding steroid dienone is 1. The van der Waals surface area contributed by atoms with Crippen LogP contribution in [-0.4, -0.2) is 22.4 Å². The predicted molar refractivity (Wildman–Crippen MR) is 112 cm³/mol. The molecule has 0 saturated carbocycles. The van der Waals surface area contributed by atoms with Gasteiger partial charge in [0.25, 0.3) is 0 Å². The van der Waals surface area contributed by atoms with Gasteiger partial charge in [0, 0.05) is 30.0 Å². The Kier molecular flexibility index (Phi) is 4.66. The molecule has 6 heteroatoms. The Labute approximate surface area is 176 Å². The fraction of sp³-hybridized carbons (Fsp3) is 0.130. The van der Waals surface area contributed by atoms with Crippen molar-refractivity contribution in [3.63, 3.8) is 0 Å². The van der Waals surface area contributed by atoms with Gasteiger partial charge in [0.15, 0.2) is 5.76 Å². The van der Waals surface area contributed by atoms with Crippen LogP contribution in [0.5, 0.6) is 11.5 Å². The van der Waals surface area contributed by atoms with Crippen molar-refractivity contribution in [1.29, 1.82) is 0 Å². The molecular formula is C23H17BrN2O3. The minimum atomic E-state index is -0.108. The van der Waals surface area contributed by atoms with Crippen molar-refractivity contribution < 1.29 is 14.3 Å². The van der Waals surface area contributed by atoms with E-state index in [9.17, 15) is 4.79 Å². The summed E-state index contributed by atoms with van der Waals surface area (Å²) in [6, 6.07) is 15.3. The average Bonchev–Trinajstić information content (AvgIpc) is 3.06. The number of hydrogen-bond donors (Lipinski definition) is 0. The van der Waals surface area contributed by atoms with E-state index in [4.69, 9.17) is 9.47 Å². The lowest BCUT2D eigenvalue weighted by molar-refractivity contribution is 0.0872. The maximum Gasteiger partial charge on any atom is 0.231 e. The van der Waals surface area contributed by atoms with Gasteiger partial charge in [0.2, 0.25) is 5.78 Å². The molecule has 144 valence electrons. The molecule has 0 saturated heterocycles. The summed E-state index contributed by atoms with van der Waals surface area (Å²) in [5.41, 5.74) is 3.49. The van der Waals surface area contributed by atoms with Gasteiger partial charge in [0.05, 0.1) is 11.1 Å². The maximum absolute atomic E-state index is 12.9. The molecule has 0 unspecified atom stereocenters. The first-order valence-electron chi connectivity index (χ1n) is 9.28. The predicted octanol–water partition coefficient (Wildman–Crippen LogP) is 4.81. The molecule has 3 heterocycles. The van der Waals surface area contributed by atoms with Gasteiger partial charge in [-0.2, -0.15) is 0 Å².